The van der Waals surface area contributed by atoms with Crippen LogP contribution in [0.2, 0.25) is 10.0 Å². The van der Waals surface area contributed by atoms with Crippen LogP contribution >= 0.6 is 23.2 Å². The molecule has 1 nitrogen and oxygen atoms in total. The number of benzene rings is 1. The number of hydrogen-bond acceptors (Lipinski definition) is 1. The third-order valence-electron chi connectivity index (χ3n) is 4.69. The van der Waals surface area contributed by atoms with E-state index in [1.807, 2.05) is 18.2 Å². The first-order valence-electron chi connectivity index (χ1n) is 7.31. The molecule has 20 heavy (non-hydrogen) atoms. The van der Waals surface area contributed by atoms with Crippen molar-refractivity contribution in [3.63, 3.8) is 0 Å². The van der Waals surface area contributed by atoms with Gasteiger partial charge in [0.2, 0.25) is 0 Å². The van der Waals surface area contributed by atoms with Crippen molar-refractivity contribution in [2.24, 2.45) is 17.3 Å². The van der Waals surface area contributed by atoms with E-state index in [1.54, 1.807) is 0 Å². The fraction of sp³-hybridized carbons (Fsp3) is 0.588. The summed E-state index contributed by atoms with van der Waals surface area (Å²) < 4.78 is 0. The highest BCUT2D eigenvalue weighted by Crippen LogP contribution is 2.43. The first-order chi connectivity index (χ1) is 9.46. The van der Waals surface area contributed by atoms with Crippen molar-refractivity contribution in [2.45, 2.75) is 46.0 Å². The summed E-state index contributed by atoms with van der Waals surface area (Å²) in [6.07, 6.45) is 5.09. The molecule has 3 heteroatoms. The lowest BCUT2D eigenvalue weighted by Gasteiger charge is -2.36. The Morgan fingerprint density at radius 3 is 2.40 bits per heavy atom. The molecule has 108 valence electrons. The van der Waals surface area contributed by atoms with Gasteiger partial charge in [-0.2, -0.15) is 5.26 Å². The van der Waals surface area contributed by atoms with E-state index in [0.717, 1.165) is 49.5 Å². The molecule has 0 spiro atoms. The molecule has 2 rings (SSSR count). The molecule has 1 fully saturated rings. The van der Waals surface area contributed by atoms with E-state index in [4.69, 9.17) is 23.2 Å². The van der Waals surface area contributed by atoms with Gasteiger partial charge in [0, 0.05) is 0 Å². The normalized spacial score (nSPS) is 26.5. The van der Waals surface area contributed by atoms with Crippen LogP contribution in [0.15, 0.2) is 18.2 Å². The zero-order valence-corrected chi connectivity index (χ0v) is 13.6. The van der Waals surface area contributed by atoms with Gasteiger partial charge in [-0.15, -0.1) is 0 Å². The average molecular weight is 310 g/mol. The molecule has 0 N–H and O–H groups in total. The molecule has 0 radical (unpaired) electrons. The summed E-state index contributed by atoms with van der Waals surface area (Å²) in [5.74, 6) is 1.49. The Morgan fingerprint density at radius 1 is 1.25 bits per heavy atom. The van der Waals surface area contributed by atoms with Crippen LogP contribution < -0.4 is 0 Å². The van der Waals surface area contributed by atoms with Gasteiger partial charge in [0.1, 0.15) is 0 Å². The lowest BCUT2D eigenvalue weighted by atomic mass is 9.66. The minimum atomic E-state index is -0.220. The Labute approximate surface area is 131 Å². The van der Waals surface area contributed by atoms with Crippen LogP contribution in [0.5, 0.6) is 0 Å². The molecule has 0 atom stereocenters. The zero-order chi connectivity index (χ0) is 14.8. The second-order valence-corrected chi connectivity index (χ2v) is 7.21. The SMILES string of the molecule is CC(C)C1CCC(C#N)(Cc2ccc(Cl)c(Cl)c2)CC1. The second kappa shape index (κ2) is 6.37. The molecule has 0 unspecified atom stereocenters. The van der Waals surface area contributed by atoms with Gasteiger partial charge in [-0.05, 0) is 61.6 Å². The zero-order valence-electron chi connectivity index (χ0n) is 12.1. The maximum absolute atomic E-state index is 9.64. The van der Waals surface area contributed by atoms with Gasteiger partial charge in [-0.1, -0.05) is 43.1 Å². The van der Waals surface area contributed by atoms with Crippen molar-refractivity contribution >= 4 is 23.2 Å². The van der Waals surface area contributed by atoms with Gasteiger partial charge in [0.25, 0.3) is 0 Å². The molecule has 0 saturated heterocycles. The summed E-state index contributed by atoms with van der Waals surface area (Å²) in [6, 6.07) is 8.30. The van der Waals surface area contributed by atoms with Gasteiger partial charge < -0.3 is 0 Å². The smallest absolute Gasteiger partial charge is 0.0693 e. The lowest BCUT2D eigenvalue weighted by molar-refractivity contribution is 0.175. The van der Waals surface area contributed by atoms with Gasteiger partial charge >= 0.3 is 0 Å². The quantitative estimate of drug-likeness (QED) is 0.682. The fourth-order valence-corrected chi connectivity index (χ4v) is 3.55. The van der Waals surface area contributed by atoms with E-state index in [1.165, 1.54) is 0 Å². The summed E-state index contributed by atoms with van der Waals surface area (Å²) in [7, 11) is 0. The van der Waals surface area contributed by atoms with Gasteiger partial charge in [0.05, 0.1) is 21.5 Å². The largest absolute Gasteiger partial charge is 0.198 e. The standard InChI is InChI=1S/C17H21Cl2N/c1-12(2)14-5-7-17(11-20,8-6-14)10-13-3-4-15(18)16(19)9-13/h3-4,9,12,14H,5-8,10H2,1-2H3. The number of nitrogens with zero attached hydrogens (tertiary/aromatic N) is 1. The number of nitriles is 1. The third kappa shape index (κ3) is 3.48. The van der Waals surface area contributed by atoms with E-state index in [2.05, 4.69) is 19.9 Å². The van der Waals surface area contributed by atoms with E-state index in [9.17, 15) is 5.26 Å². The van der Waals surface area contributed by atoms with Crippen LogP contribution in [-0.2, 0) is 6.42 Å². The van der Waals surface area contributed by atoms with Crippen molar-refractivity contribution in [3.05, 3.63) is 33.8 Å². The maximum Gasteiger partial charge on any atom is 0.0693 e. The molecule has 1 aliphatic rings. The van der Waals surface area contributed by atoms with Gasteiger partial charge in [0.15, 0.2) is 0 Å². The van der Waals surface area contributed by atoms with Crippen LogP contribution in [0.3, 0.4) is 0 Å². The number of halogens is 2. The van der Waals surface area contributed by atoms with Gasteiger partial charge in [-0.25, -0.2) is 0 Å². The molecule has 0 aromatic heterocycles. The Morgan fingerprint density at radius 2 is 1.90 bits per heavy atom. The summed E-state index contributed by atoms with van der Waals surface area (Å²) in [5.41, 5.74) is 0.895. The van der Waals surface area contributed by atoms with E-state index < -0.39 is 0 Å². The highest BCUT2D eigenvalue weighted by atomic mass is 35.5. The monoisotopic (exact) mass is 309 g/mol. The molecular formula is C17H21Cl2N. The van der Waals surface area contributed by atoms with Crippen LogP contribution in [-0.4, -0.2) is 0 Å². The van der Waals surface area contributed by atoms with E-state index in [-0.39, 0.29) is 5.41 Å². The topological polar surface area (TPSA) is 23.8 Å². The Balaban J connectivity index is 2.10. The summed E-state index contributed by atoms with van der Waals surface area (Å²) >= 11 is 12.0. The van der Waals surface area contributed by atoms with Crippen molar-refractivity contribution in [3.8, 4) is 6.07 Å². The van der Waals surface area contributed by atoms with Crippen LogP contribution in [0.25, 0.3) is 0 Å². The summed E-state index contributed by atoms with van der Waals surface area (Å²) in [6.45, 7) is 4.56. The van der Waals surface area contributed by atoms with E-state index in [0.29, 0.717) is 10.0 Å². The first kappa shape index (κ1) is 15.7. The van der Waals surface area contributed by atoms with Crippen molar-refractivity contribution in [1.29, 1.82) is 5.26 Å². The Kier molecular flexibility index (Phi) is 4.99. The highest BCUT2D eigenvalue weighted by Gasteiger charge is 2.36. The molecule has 0 heterocycles. The summed E-state index contributed by atoms with van der Waals surface area (Å²) in [5, 5.41) is 10.8. The molecule has 0 amide bonds. The van der Waals surface area contributed by atoms with Crippen molar-refractivity contribution < 1.29 is 0 Å². The van der Waals surface area contributed by atoms with Crippen LogP contribution in [0.1, 0.15) is 45.1 Å². The number of hydrogen-bond donors (Lipinski definition) is 0. The van der Waals surface area contributed by atoms with E-state index >= 15 is 0 Å². The first-order valence-corrected chi connectivity index (χ1v) is 8.06. The highest BCUT2D eigenvalue weighted by molar-refractivity contribution is 6.42. The average Bonchev–Trinajstić information content (AvgIpc) is 2.43. The van der Waals surface area contributed by atoms with Crippen LogP contribution in [0, 0.1) is 28.6 Å². The predicted molar refractivity (Wildman–Crippen MR) is 85.0 cm³/mol. The second-order valence-electron chi connectivity index (χ2n) is 6.40. The maximum atomic E-state index is 9.64. The lowest BCUT2D eigenvalue weighted by Crippen LogP contribution is -2.30. The minimum absolute atomic E-state index is 0.220. The molecule has 1 aromatic carbocycles. The molecular weight excluding hydrogens is 289 g/mol. The molecule has 1 aromatic rings. The summed E-state index contributed by atoms with van der Waals surface area (Å²) in [4.78, 5) is 0. The predicted octanol–water partition coefficient (Wildman–Crippen LogP) is 5.89. The van der Waals surface area contributed by atoms with Gasteiger partial charge in [-0.3, -0.25) is 0 Å². The third-order valence-corrected chi connectivity index (χ3v) is 5.43. The van der Waals surface area contributed by atoms with Crippen molar-refractivity contribution in [2.75, 3.05) is 0 Å². The Hall–Kier alpha value is -0.710. The fourth-order valence-electron chi connectivity index (χ4n) is 3.23. The number of rotatable bonds is 3. The Bertz CT molecular complexity index is 508. The van der Waals surface area contributed by atoms with Crippen molar-refractivity contribution in [1.82, 2.24) is 0 Å². The van der Waals surface area contributed by atoms with Crippen LogP contribution in [0.4, 0.5) is 0 Å². The molecule has 1 saturated carbocycles. The minimum Gasteiger partial charge on any atom is -0.198 e. The molecule has 0 aliphatic heterocycles. The molecule has 0 bridgehead atoms. The molecule has 1 aliphatic carbocycles.